The molecule has 2 aromatic heterocycles. The van der Waals surface area contributed by atoms with Crippen LogP contribution in [-0.4, -0.2) is 33.0 Å². The number of pyridine rings is 1. The Kier molecular flexibility index (Phi) is 6.46. The van der Waals surface area contributed by atoms with Gasteiger partial charge in [-0.1, -0.05) is 17.3 Å². The lowest BCUT2D eigenvalue weighted by Gasteiger charge is -2.15. The van der Waals surface area contributed by atoms with Gasteiger partial charge in [-0.25, -0.2) is 4.39 Å². The molecule has 2 N–H and O–H groups in total. The summed E-state index contributed by atoms with van der Waals surface area (Å²) in [6, 6.07) is 9.20. The SMILES string of the molecule is C[C@H](Oc1ccccc1F)C(=O)NNC(=O)CCc1nc(-c2ccncc2)no1. The van der Waals surface area contributed by atoms with Crippen LogP contribution in [0.25, 0.3) is 11.4 Å². The van der Waals surface area contributed by atoms with Crippen LogP contribution >= 0.6 is 0 Å². The molecule has 2 amide bonds. The Morgan fingerprint density at radius 1 is 1.17 bits per heavy atom. The number of halogens is 1. The van der Waals surface area contributed by atoms with Gasteiger partial charge in [0.15, 0.2) is 17.7 Å². The van der Waals surface area contributed by atoms with Gasteiger partial charge < -0.3 is 9.26 Å². The fraction of sp³-hybridized carbons (Fsp3) is 0.211. The van der Waals surface area contributed by atoms with Crippen molar-refractivity contribution in [2.45, 2.75) is 25.9 Å². The van der Waals surface area contributed by atoms with Gasteiger partial charge >= 0.3 is 0 Å². The summed E-state index contributed by atoms with van der Waals surface area (Å²) in [5.74, 6) is -1.03. The van der Waals surface area contributed by atoms with E-state index in [9.17, 15) is 14.0 Å². The predicted octanol–water partition coefficient (Wildman–Crippen LogP) is 1.82. The van der Waals surface area contributed by atoms with Crippen LogP contribution in [0.5, 0.6) is 5.75 Å². The first kappa shape index (κ1) is 19.9. The van der Waals surface area contributed by atoms with Crippen molar-refractivity contribution in [2.24, 2.45) is 0 Å². The zero-order valence-electron chi connectivity index (χ0n) is 15.5. The van der Waals surface area contributed by atoms with E-state index in [-0.39, 0.29) is 24.5 Å². The molecule has 0 saturated heterocycles. The number of ether oxygens (including phenoxy) is 1. The molecule has 0 bridgehead atoms. The van der Waals surface area contributed by atoms with Crippen LogP contribution in [0.3, 0.4) is 0 Å². The quantitative estimate of drug-likeness (QED) is 0.582. The van der Waals surface area contributed by atoms with E-state index in [4.69, 9.17) is 9.26 Å². The molecule has 0 aliphatic heterocycles. The van der Waals surface area contributed by atoms with Crippen molar-refractivity contribution in [1.29, 1.82) is 0 Å². The molecule has 10 heteroatoms. The normalized spacial score (nSPS) is 11.5. The number of aryl methyl sites for hydroxylation is 1. The summed E-state index contributed by atoms with van der Waals surface area (Å²) < 4.78 is 23.9. The van der Waals surface area contributed by atoms with Gasteiger partial charge in [0.1, 0.15) is 0 Å². The maximum absolute atomic E-state index is 13.5. The van der Waals surface area contributed by atoms with Crippen molar-refractivity contribution < 1.29 is 23.2 Å². The molecule has 1 aromatic carbocycles. The van der Waals surface area contributed by atoms with Crippen LogP contribution in [-0.2, 0) is 16.0 Å². The molecule has 150 valence electrons. The van der Waals surface area contributed by atoms with E-state index in [1.807, 2.05) is 0 Å². The first-order chi connectivity index (χ1) is 14.0. The Hall–Kier alpha value is -3.82. The lowest BCUT2D eigenvalue weighted by Crippen LogP contribution is -2.47. The van der Waals surface area contributed by atoms with E-state index in [1.165, 1.54) is 25.1 Å². The van der Waals surface area contributed by atoms with Gasteiger partial charge in [0.05, 0.1) is 0 Å². The summed E-state index contributed by atoms with van der Waals surface area (Å²) >= 11 is 0. The molecule has 0 fully saturated rings. The summed E-state index contributed by atoms with van der Waals surface area (Å²) in [6.07, 6.45) is 2.42. The smallest absolute Gasteiger partial charge is 0.279 e. The minimum atomic E-state index is -1.01. The highest BCUT2D eigenvalue weighted by Gasteiger charge is 2.17. The molecule has 0 unspecified atom stereocenters. The highest BCUT2D eigenvalue weighted by Crippen LogP contribution is 2.17. The number of carbonyl (C=O) groups excluding carboxylic acids is 2. The van der Waals surface area contributed by atoms with E-state index in [0.717, 1.165) is 5.56 Å². The lowest BCUT2D eigenvalue weighted by atomic mass is 10.2. The van der Waals surface area contributed by atoms with Gasteiger partial charge in [0.2, 0.25) is 17.6 Å². The van der Waals surface area contributed by atoms with Crippen LogP contribution in [0, 0.1) is 5.82 Å². The minimum absolute atomic E-state index is 0.0147. The standard InChI is InChI=1S/C19H18FN5O4/c1-12(28-15-5-3-2-4-14(15)20)19(27)24-23-16(26)6-7-17-22-18(25-29-17)13-8-10-21-11-9-13/h2-5,8-12H,6-7H2,1H3,(H,23,26)(H,24,27)/t12-/m0/s1. The number of carbonyl (C=O) groups is 2. The van der Waals surface area contributed by atoms with Crippen LogP contribution in [0.1, 0.15) is 19.2 Å². The van der Waals surface area contributed by atoms with Gasteiger partial charge in [-0.2, -0.15) is 4.98 Å². The Morgan fingerprint density at radius 2 is 1.93 bits per heavy atom. The van der Waals surface area contributed by atoms with Crippen molar-refractivity contribution in [1.82, 2.24) is 26.0 Å². The number of benzene rings is 1. The molecule has 3 rings (SSSR count). The number of rotatable bonds is 7. The third-order valence-corrected chi connectivity index (χ3v) is 3.81. The summed E-state index contributed by atoms with van der Waals surface area (Å²) in [5.41, 5.74) is 5.24. The molecule has 0 radical (unpaired) electrons. The van der Waals surface area contributed by atoms with Gasteiger partial charge in [0, 0.05) is 30.8 Å². The minimum Gasteiger partial charge on any atom is -0.478 e. The number of hydrogen-bond acceptors (Lipinski definition) is 7. The second kappa shape index (κ2) is 9.40. The number of nitrogens with zero attached hydrogens (tertiary/aromatic N) is 3. The monoisotopic (exact) mass is 399 g/mol. The average Bonchev–Trinajstić information content (AvgIpc) is 3.22. The molecule has 1 atom stereocenters. The molecule has 3 aromatic rings. The lowest BCUT2D eigenvalue weighted by molar-refractivity contribution is -0.132. The van der Waals surface area contributed by atoms with Gasteiger partial charge in [-0.3, -0.25) is 25.4 Å². The zero-order valence-corrected chi connectivity index (χ0v) is 15.5. The maximum Gasteiger partial charge on any atom is 0.279 e. The molecule has 29 heavy (non-hydrogen) atoms. The first-order valence-electron chi connectivity index (χ1n) is 8.76. The maximum atomic E-state index is 13.5. The number of hydrazine groups is 1. The summed E-state index contributed by atoms with van der Waals surface area (Å²) in [4.78, 5) is 32.0. The Balaban J connectivity index is 1.42. The number of hydrogen-bond donors (Lipinski definition) is 2. The zero-order chi connectivity index (χ0) is 20.6. The molecule has 0 spiro atoms. The Morgan fingerprint density at radius 3 is 2.69 bits per heavy atom. The van der Waals surface area contributed by atoms with Gasteiger partial charge in [-0.15, -0.1) is 0 Å². The third-order valence-electron chi connectivity index (χ3n) is 3.81. The number of nitrogens with one attached hydrogen (secondary N) is 2. The number of para-hydroxylation sites is 1. The second-order valence-corrected chi connectivity index (χ2v) is 5.98. The molecule has 0 saturated carbocycles. The van der Waals surface area contributed by atoms with E-state index >= 15 is 0 Å². The van der Waals surface area contributed by atoms with Crippen molar-refractivity contribution in [3.8, 4) is 17.1 Å². The molecular weight excluding hydrogens is 381 g/mol. The molecule has 0 aliphatic carbocycles. The van der Waals surface area contributed by atoms with E-state index in [2.05, 4.69) is 26.0 Å². The summed E-state index contributed by atoms with van der Waals surface area (Å²) in [7, 11) is 0. The van der Waals surface area contributed by atoms with Crippen LogP contribution in [0.4, 0.5) is 4.39 Å². The van der Waals surface area contributed by atoms with Crippen LogP contribution in [0.15, 0.2) is 53.3 Å². The van der Waals surface area contributed by atoms with Crippen molar-refractivity contribution >= 4 is 11.8 Å². The number of amides is 2. The number of aromatic nitrogens is 3. The predicted molar refractivity (Wildman–Crippen MR) is 98.6 cm³/mol. The highest BCUT2D eigenvalue weighted by molar-refractivity contribution is 5.84. The van der Waals surface area contributed by atoms with Crippen LogP contribution in [0.2, 0.25) is 0 Å². The van der Waals surface area contributed by atoms with Crippen LogP contribution < -0.4 is 15.6 Å². The average molecular weight is 399 g/mol. The third kappa shape index (κ3) is 5.58. The molecule has 2 heterocycles. The van der Waals surface area contributed by atoms with E-state index < -0.39 is 23.7 Å². The van der Waals surface area contributed by atoms with Gasteiger partial charge in [-0.05, 0) is 31.2 Å². The molecule has 9 nitrogen and oxygen atoms in total. The fourth-order valence-corrected chi connectivity index (χ4v) is 2.27. The topological polar surface area (TPSA) is 119 Å². The van der Waals surface area contributed by atoms with E-state index in [1.54, 1.807) is 30.6 Å². The summed E-state index contributed by atoms with van der Waals surface area (Å²) in [5, 5.41) is 3.85. The van der Waals surface area contributed by atoms with Gasteiger partial charge in [0.25, 0.3) is 5.91 Å². The Labute approximate surface area is 165 Å². The molecule has 0 aliphatic rings. The van der Waals surface area contributed by atoms with Crippen molar-refractivity contribution in [3.05, 3.63) is 60.5 Å². The highest BCUT2D eigenvalue weighted by atomic mass is 19.1. The van der Waals surface area contributed by atoms with Crippen molar-refractivity contribution in [2.75, 3.05) is 0 Å². The Bertz CT molecular complexity index is 979. The van der Waals surface area contributed by atoms with Crippen molar-refractivity contribution in [3.63, 3.8) is 0 Å². The second-order valence-electron chi connectivity index (χ2n) is 5.98. The molecular formula is C19H18FN5O4. The largest absolute Gasteiger partial charge is 0.478 e. The summed E-state index contributed by atoms with van der Waals surface area (Å²) in [6.45, 7) is 1.44. The fourth-order valence-electron chi connectivity index (χ4n) is 2.27. The first-order valence-corrected chi connectivity index (χ1v) is 8.76. The van der Waals surface area contributed by atoms with E-state index in [0.29, 0.717) is 5.82 Å².